The van der Waals surface area contributed by atoms with Crippen LogP contribution >= 0.6 is 0 Å². The first-order valence-corrected chi connectivity index (χ1v) is 7.79. The fourth-order valence-electron chi connectivity index (χ4n) is 3.41. The van der Waals surface area contributed by atoms with Crippen molar-refractivity contribution in [1.29, 1.82) is 5.26 Å². The quantitative estimate of drug-likeness (QED) is 0.835. The van der Waals surface area contributed by atoms with Crippen molar-refractivity contribution in [1.82, 2.24) is 20.0 Å². The fourth-order valence-corrected chi connectivity index (χ4v) is 3.41. The van der Waals surface area contributed by atoms with Crippen molar-refractivity contribution in [2.24, 2.45) is 5.41 Å². The Balaban J connectivity index is 1.93. The van der Waals surface area contributed by atoms with Crippen LogP contribution in [-0.2, 0) is 4.79 Å². The molecule has 1 aromatic rings. The van der Waals surface area contributed by atoms with Gasteiger partial charge in [0.2, 0.25) is 5.91 Å². The number of aryl methyl sites for hydroxylation is 1. The van der Waals surface area contributed by atoms with Gasteiger partial charge in [-0.15, -0.1) is 0 Å². The summed E-state index contributed by atoms with van der Waals surface area (Å²) in [6.45, 7) is 5.54. The molecule has 2 atom stereocenters. The van der Waals surface area contributed by atoms with Crippen LogP contribution < -0.4 is 0 Å². The minimum absolute atomic E-state index is 0.0522. The minimum Gasteiger partial charge on any atom is -0.273 e. The molecule has 2 unspecified atom stereocenters. The third-order valence-electron chi connectivity index (χ3n) is 4.74. The zero-order valence-corrected chi connectivity index (χ0v) is 13.1. The zero-order chi connectivity index (χ0) is 15.7. The van der Waals surface area contributed by atoms with E-state index in [1.54, 1.807) is 12.4 Å². The van der Waals surface area contributed by atoms with Gasteiger partial charge in [0.05, 0.1) is 35.1 Å². The molecular weight excluding hydrogens is 278 g/mol. The third-order valence-corrected chi connectivity index (χ3v) is 4.74. The molecule has 0 spiro atoms. The average molecular weight is 299 g/mol. The summed E-state index contributed by atoms with van der Waals surface area (Å²) < 4.78 is 0. The van der Waals surface area contributed by atoms with Gasteiger partial charge < -0.3 is 0 Å². The Morgan fingerprint density at radius 3 is 2.91 bits per heavy atom. The molecule has 1 amide bonds. The highest BCUT2D eigenvalue weighted by molar-refractivity contribution is 5.83. The van der Waals surface area contributed by atoms with Gasteiger partial charge in [0.15, 0.2) is 0 Å². The van der Waals surface area contributed by atoms with E-state index in [4.69, 9.17) is 5.26 Å². The molecule has 6 heteroatoms. The van der Waals surface area contributed by atoms with Crippen LogP contribution in [0.3, 0.4) is 0 Å². The van der Waals surface area contributed by atoms with Crippen LogP contribution in [0.4, 0.5) is 0 Å². The molecule has 0 radical (unpaired) electrons. The SMILES string of the molecule is Cc1cnc(C2CCN3CCCC(C)(CC#N)C(=O)N23)cn1. The van der Waals surface area contributed by atoms with Crippen molar-refractivity contribution in [2.45, 2.75) is 45.6 Å². The van der Waals surface area contributed by atoms with E-state index in [1.807, 2.05) is 18.9 Å². The van der Waals surface area contributed by atoms with Crippen LogP contribution in [0.25, 0.3) is 0 Å². The van der Waals surface area contributed by atoms with E-state index in [1.165, 1.54) is 0 Å². The molecule has 2 aliphatic heterocycles. The maximum Gasteiger partial charge on any atom is 0.244 e. The Labute approximate surface area is 130 Å². The summed E-state index contributed by atoms with van der Waals surface area (Å²) in [5.74, 6) is 0.0522. The first-order chi connectivity index (χ1) is 10.5. The van der Waals surface area contributed by atoms with Gasteiger partial charge in [-0.3, -0.25) is 19.8 Å². The molecule has 3 heterocycles. The summed E-state index contributed by atoms with van der Waals surface area (Å²) in [5.41, 5.74) is 1.11. The molecule has 0 aliphatic carbocycles. The molecule has 0 aromatic carbocycles. The van der Waals surface area contributed by atoms with Crippen molar-refractivity contribution >= 4 is 5.91 Å². The van der Waals surface area contributed by atoms with Crippen LogP contribution in [0.5, 0.6) is 0 Å². The zero-order valence-electron chi connectivity index (χ0n) is 13.1. The van der Waals surface area contributed by atoms with Crippen LogP contribution in [0, 0.1) is 23.7 Å². The highest BCUT2D eigenvalue weighted by atomic mass is 16.2. The van der Waals surface area contributed by atoms with Crippen LogP contribution in [0.2, 0.25) is 0 Å². The average Bonchev–Trinajstić information content (AvgIpc) is 2.86. The van der Waals surface area contributed by atoms with Crippen molar-refractivity contribution in [3.8, 4) is 6.07 Å². The number of hydrazine groups is 1. The number of carbonyl (C=O) groups excluding carboxylic acids is 1. The second kappa shape index (κ2) is 5.65. The maximum absolute atomic E-state index is 13.1. The van der Waals surface area contributed by atoms with E-state index in [0.717, 1.165) is 43.7 Å². The Hall–Kier alpha value is -2.00. The summed E-state index contributed by atoms with van der Waals surface area (Å²) in [5, 5.41) is 13.1. The second-order valence-corrected chi connectivity index (χ2v) is 6.49. The van der Waals surface area contributed by atoms with Gasteiger partial charge in [-0.05, 0) is 33.1 Å². The number of nitriles is 1. The van der Waals surface area contributed by atoms with Gasteiger partial charge in [0, 0.05) is 25.7 Å². The largest absolute Gasteiger partial charge is 0.273 e. The van der Waals surface area contributed by atoms with Gasteiger partial charge in [0.25, 0.3) is 0 Å². The second-order valence-electron chi connectivity index (χ2n) is 6.49. The number of hydrogen-bond donors (Lipinski definition) is 0. The van der Waals surface area contributed by atoms with Crippen molar-refractivity contribution in [2.75, 3.05) is 13.1 Å². The van der Waals surface area contributed by atoms with Gasteiger partial charge in [-0.2, -0.15) is 5.26 Å². The summed E-state index contributed by atoms with van der Waals surface area (Å²) >= 11 is 0. The number of carbonyl (C=O) groups is 1. The Kier molecular flexibility index (Phi) is 3.83. The highest BCUT2D eigenvalue weighted by Gasteiger charge is 2.47. The Morgan fingerprint density at radius 2 is 2.23 bits per heavy atom. The van der Waals surface area contributed by atoms with Gasteiger partial charge in [-0.25, -0.2) is 5.01 Å². The predicted octanol–water partition coefficient (Wildman–Crippen LogP) is 1.99. The molecule has 0 N–H and O–H groups in total. The van der Waals surface area contributed by atoms with E-state index in [2.05, 4.69) is 21.0 Å². The normalized spacial score (nSPS) is 29.0. The van der Waals surface area contributed by atoms with E-state index < -0.39 is 5.41 Å². The van der Waals surface area contributed by atoms with E-state index in [9.17, 15) is 4.79 Å². The standard InChI is InChI=1S/C16H21N5O/c1-12-10-19-13(11-18-12)14-4-9-20-8-3-5-16(2,6-7-17)15(22)21(14)20/h10-11,14H,3-6,8-9H2,1-2H3. The van der Waals surface area contributed by atoms with Crippen LogP contribution in [0.15, 0.2) is 12.4 Å². The van der Waals surface area contributed by atoms with Crippen molar-refractivity contribution < 1.29 is 4.79 Å². The summed E-state index contributed by atoms with van der Waals surface area (Å²) in [4.78, 5) is 21.8. The lowest BCUT2D eigenvalue weighted by atomic mass is 9.81. The van der Waals surface area contributed by atoms with Crippen molar-refractivity contribution in [3.05, 3.63) is 23.8 Å². The fraction of sp³-hybridized carbons (Fsp3) is 0.625. The molecular formula is C16H21N5O. The number of nitrogens with zero attached hydrogens (tertiary/aromatic N) is 5. The molecule has 2 fully saturated rings. The molecule has 2 aliphatic rings. The lowest BCUT2D eigenvalue weighted by molar-refractivity contribution is -0.155. The molecule has 1 aromatic heterocycles. The first kappa shape index (κ1) is 14.9. The smallest absolute Gasteiger partial charge is 0.244 e. The molecule has 0 saturated carbocycles. The van der Waals surface area contributed by atoms with E-state index >= 15 is 0 Å². The Bertz CT molecular complexity index is 608. The lowest BCUT2D eigenvalue weighted by Gasteiger charge is -2.35. The maximum atomic E-state index is 13.1. The molecule has 0 bridgehead atoms. The van der Waals surface area contributed by atoms with E-state index in [0.29, 0.717) is 0 Å². The molecule has 2 saturated heterocycles. The lowest BCUT2D eigenvalue weighted by Crippen LogP contribution is -2.46. The van der Waals surface area contributed by atoms with Gasteiger partial charge >= 0.3 is 0 Å². The predicted molar refractivity (Wildman–Crippen MR) is 80.1 cm³/mol. The number of aromatic nitrogens is 2. The summed E-state index contributed by atoms with van der Waals surface area (Å²) in [7, 11) is 0. The van der Waals surface area contributed by atoms with Gasteiger partial charge in [0.1, 0.15) is 0 Å². The topological polar surface area (TPSA) is 73.1 Å². The number of fused-ring (bicyclic) bond motifs is 1. The van der Waals surface area contributed by atoms with Gasteiger partial charge in [-0.1, -0.05) is 0 Å². The van der Waals surface area contributed by atoms with E-state index in [-0.39, 0.29) is 18.4 Å². The van der Waals surface area contributed by atoms with Crippen molar-refractivity contribution in [3.63, 3.8) is 0 Å². The molecule has 3 rings (SSSR count). The monoisotopic (exact) mass is 299 g/mol. The first-order valence-electron chi connectivity index (χ1n) is 7.79. The molecule has 22 heavy (non-hydrogen) atoms. The van der Waals surface area contributed by atoms with Crippen LogP contribution in [-0.4, -0.2) is 39.0 Å². The molecule has 6 nitrogen and oxygen atoms in total. The summed E-state index contributed by atoms with van der Waals surface area (Å²) in [6.07, 6.45) is 6.35. The minimum atomic E-state index is -0.593. The third kappa shape index (κ3) is 2.46. The summed E-state index contributed by atoms with van der Waals surface area (Å²) in [6, 6.07) is 2.13. The highest BCUT2D eigenvalue weighted by Crippen LogP contribution is 2.41. The number of rotatable bonds is 2. The Morgan fingerprint density at radius 1 is 1.41 bits per heavy atom. The number of hydrogen-bond acceptors (Lipinski definition) is 5. The van der Waals surface area contributed by atoms with Crippen LogP contribution in [0.1, 0.15) is 50.0 Å². The number of amides is 1. The molecule has 116 valence electrons.